The van der Waals surface area contributed by atoms with E-state index in [1.165, 1.54) is 41.3 Å². The Morgan fingerprint density at radius 1 is 1.27 bits per heavy atom. The van der Waals surface area contributed by atoms with Crippen LogP contribution in [0.25, 0.3) is 10.2 Å². The predicted octanol–water partition coefficient (Wildman–Crippen LogP) is 3.83. The first-order valence-corrected chi connectivity index (χ1v) is 13.1. The van der Waals surface area contributed by atoms with E-state index in [1.54, 1.807) is 15.9 Å². The molecule has 3 rings (SSSR count). The maximum absolute atomic E-state index is 13.4. The van der Waals surface area contributed by atoms with E-state index < -0.39 is 9.84 Å². The van der Waals surface area contributed by atoms with E-state index in [0.717, 1.165) is 35.9 Å². The zero-order valence-electron chi connectivity index (χ0n) is 15.6. The van der Waals surface area contributed by atoms with Crippen LogP contribution >= 0.6 is 23.1 Å². The van der Waals surface area contributed by atoms with Crippen molar-refractivity contribution in [3.05, 3.63) is 20.8 Å². The zero-order chi connectivity index (χ0) is 18.9. The summed E-state index contributed by atoms with van der Waals surface area (Å²) in [5.41, 5.74) is 1.26. The fraction of sp³-hybridized carbons (Fsp3) is 0.667. The van der Waals surface area contributed by atoms with Crippen LogP contribution in [0, 0.1) is 0 Å². The molecule has 0 saturated carbocycles. The van der Waals surface area contributed by atoms with Gasteiger partial charge >= 0.3 is 0 Å². The Morgan fingerprint density at radius 3 is 2.69 bits per heavy atom. The van der Waals surface area contributed by atoms with E-state index in [1.807, 2.05) is 6.92 Å². The maximum Gasteiger partial charge on any atom is 0.263 e. The molecule has 8 heteroatoms. The van der Waals surface area contributed by atoms with Crippen molar-refractivity contribution in [3.8, 4) is 0 Å². The van der Waals surface area contributed by atoms with E-state index in [0.29, 0.717) is 10.9 Å². The van der Waals surface area contributed by atoms with E-state index in [-0.39, 0.29) is 17.4 Å². The van der Waals surface area contributed by atoms with Crippen molar-refractivity contribution >= 4 is 43.2 Å². The third kappa shape index (κ3) is 4.17. The first-order valence-electron chi connectivity index (χ1n) is 9.19. The molecule has 2 aromatic rings. The van der Waals surface area contributed by atoms with Gasteiger partial charge in [0.2, 0.25) is 0 Å². The van der Waals surface area contributed by atoms with E-state index in [2.05, 4.69) is 6.92 Å². The van der Waals surface area contributed by atoms with Crippen molar-refractivity contribution in [2.75, 3.05) is 17.8 Å². The van der Waals surface area contributed by atoms with Crippen LogP contribution in [0.15, 0.2) is 9.95 Å². The highest BCUT2D eigenvalue weighted by molar-refractivity contribution is 8.00. The Morgan fingerprint density at radius 2 is 2.00 bits per heavy atom. The minimum absolute atomic E-state index is 0.0430. The number of aromatic nitrogens is 2. The van der Waals surface area contributed by atoms with Gasteiger partial charge in [-0.1, -0.05) is 25.1 Å². The maximum atomic E-state index is 13.4. The van der Waals surface area contributed by atoms with Gasteiger partial charge < -0.3 is 0 Å². The Kier molecular flexibility index (Phi) is 6.14. The number of hydrogen-bond donors (Lipinski definition) is 0. The van der Waals surface area contributed by atoms with Gasteiger partial charge in [-0.3, -0.25) is 9.36 Å². The molecule has 0 radical (unpaired) electrons. The van der Waals surface area contributed by atoms with Crippen LogP contribution in [0.2, 0.25) is 0 Å². The van der Waals surface area contributed by atoms with Gasteiger partial charge in [0.15, 0.2) is 5.16 Å². The molecular weight excluding hydrogens is 388 g/mol. The van der Waals surface area contributed by atoms with Crippen LogP contribution < -0.4 is 5.56 Å². The van der Waals surface area contributed by atoms with Crippen molar-refractivity contribution in [3.63, 3.8) is 0 Å². The first kappa shape index (κ1) is 19.9. The zero-order valence-corrected chi connectivity index (χ0v) is 18.0. The lowest BCUT2D eigenvalue weighted by Gasteiger charge is -2.17. The van der Waals surface area contributed by atoms with Crippen LogP contribution in [0.1, 0.15) is 56.0 Å². The lowest BCUT2D eigenvalue weighted by molar-refractivity contribution is 0.468. The molecule has 0 aliphatic heterocycles. The molecule has 0 unspecified atom stereocenters. The molecule has 0 bridgehead atoms. The molecule has 26 heavy (non-hydrogen) atoms. The monoisotopic (exact) mass is 414 g/mol. The topological polar surface area (TPSA) is 69.0 Å². The smallest absolute Gasteiger partial charge is 0.263 e. The Bertz CT molecular complexity index is 960. The predicted molar refractivity (Wildman–Crippen MR) is 111 cm³/mol. The van der Waals surface area contributed by atoms with E-state index >= 15 is 0 Å². The number of sulfone groups is 1. The third-order valence-corrected chi connectivity index (χ3v) is 8.30. The molecule has 2 heterocycles. The van der Waals surface area contributed by atoms with Gasteiger partial charge in [0, 0.05) is 22.9 Å². The van der Waals surface area contributed by atoms with Crippen molar-refractivity contribution in [2.45, 2.75) is 63.6 Å². The summed E-state index contributed by atoms with van der Waals surface area (Å²) in [4.78, 5) is 20.3. The number of nitrogens with zero attached hydrogens (tertiary/aromatic N) is 2. The number of fused-ring (bicyclic) bond motifs is 3. The van der Waals surface area contributed by atoms with E-state index in [4.69, 9.17) is 4.98 Å². The van der Waals surface area contributed by atoms with Crippen LogP contribution in [-0.4, -0.2) is 35.7 Å². The normalized spacial score (nSPS) is 16.4. The van der Waals surface area contributed by atoms with Gasteiger partial charge in [-0.25, -0.2) is 13.4 Å². The molecule has 2 aromatic heterocycles. The number of thiophene rings is 1. The molecule has 0 aromatic carbocycles. The minimum atomic E-state index is -3.03. The molecule has 0 N–H and O–H groups in total. The number of aryl methyl sites for hydroxylation is 2. The summed E-state index contributed by atoms with van der Waals surface area (Å²) in [5.74, 6) is 0.505. The van der Waals surface area contributed by atoms with Crippen molar-refractivity contribution in [1.82, 2.24) is 9.55 Å². The number of thioether (sulfide) groups is 1. The molecule has 1 aliphatic carbocycles. The minimum Gasteiger partial charge on any atom is -0.284 e. The quantitative estimate of drug-likeness (QED) is 0.408. The second-order valence-corrected chi connectivity index (χ2v) is 11.5. The fourth-order valence-corrected chi connectivity index (χ4v) is 6.93. The fourth-order valence-electron chi connectivity index (χ4n) is 3.33. The average molecular weight is 415 g/mol. The molecule has 0 saturated heterocycles. The SMILES string of the molecule is CC[C@@H](C)n1c(SCCS(C)(=O)=O)nc2sc3c(c2c1=O)CCCCC3. The summed E-state index contributed by atoms with van der Waals surface area (Å²) >= 11 is 3.03. The standard InChI is InChI=1S/C18H26N2O3S3/c1-4-12(2)20-17(21)15-13-8-6-5-7-9-14(13)25-16(15)19-18(20)24-10-11-26(3,22)23/h12H,4-11H2,1-3H3/t12-/m1/s1. The lowest BCUT2D eigenvalue weighted by atomic mass is 10.1. The summed E-state index contributed by atoms with van der Waals surface area (Å²) in [5, 5.41) is 1.46. The number of rotatable bonds is 6. The molecule has 0 amide bonds. The van der Waals surface area contributed by atoms with Gasteiger partial charge in [0.25, 0.3) is 5.56 Å². The second-order valence-electron chi connectivity index (χ2n) is 7.05. The molecule has 0 fully saturated rings. The van der Waals surface area contributed by atoms with Crippen LogP contribution in [0.5, 0.6) is 0 Å². The summed E-state index contributed by atoms with van der Waals surface area (Å²) in [6, 6.07) is 0.0430. The van der Waals surface area contributed by atoms with E-state index in [9.17, 15) is 13.2 Å². The lowest BCUT2D eigenvalue weighted by Crippen LogP contribution is -2.26. The molecule has 1 aliphatic rings. The highest BCUT2D eigenvalue weighted by atomic mass is 32.2. The van der Waals surface area contributed by atoms with Gasteiger partial charge in [-0.05, 0) is 44.6 Å². The first-order chi connectivity index (χ1) is 12.3. The van der Waals surface area contributed by atoms with Crippen LogP contribution in [0.3, 0.4) is 0 Å². The molecule has 1 atom stereocenters. The van der Waals surface area contributed by atoms with Crippen molar-refractivity contribution < 1.29 is 8.42 Å². The molecule has 0 spiro atoms. The van der Waals surface area contributed by atoms with Crippen LogP contribution in [-0.2, 0) is 22.7 Å². The third-order valence-electron chi connectivity index (χ3n) is 4.96. The molecule has 5 nitrogen and oxygen atoms in total. The van der Waals surface area contributed by atoms with Crippen LogP contribution in [0.4, 0.5) is 0 Å². The van der Waals surface area contributed by atoms with Gasteiger partial charge in [-0.2, -0.15) is 0 Å². The number of hydrogen-bond acceptors (Lipinski definition) is 6. The largest absolute Gasteiger partial charge is 0.284 e. The summed E-state index contributed by atoms with van der Waals surface area (Å²) < 4.78 is 24.7. The highest BCUT2D eigenvalue weighted by Crippen LogP contribution is 2.34. The average Bonchev–Trinajstić information content (AvgIpc) is 2.75. The van der Waals surface area contributed by atoms with Gasteiger partial charge in [0.1, 0.15) is 14.7 Å². The Balaban J connectivity index is 2.10. The molecular formula is C18H26N2O3S3. The van der Waals surface area contributed by atoms with Crippen molar-refractivity contribution in [2.24, 2.45) is 0 Å². The Labute approximate surface area is 163 Å². The summed E-state index contributed by atoms with van der Waals surface area (Å²) in [7, 11) is -3.03. The van der Waals surface area contributed by atoms with Gasteiger partial charge in [-0.15, -0.1) is 11.3 Å². The molecule has 144 valence electrons. The summed E-state index contributed by atoms with van der Waals surface area (Å²) in [6.07, 6.45) is 7.60. The summed E-state index contributed by atoms with van der Waals surface area (Å²) in [6.45, 7) is 4.08. The van der Waals surface area contributed by atoms with Gasteiger partial charge in [0.05, 0.1) is 11.1 Å². The highest BCUT2D eigenvalue weighted by Gasteiger charge is 2.23. The van der Waals surface area contributed by atoms with Crippen molar-refractivity contribution in [1.29, 1.82) is 0 Å². The Hall–Kier alpha value is -0.860. The second kappa shape index (κ2) is 8.02.